The van der Waals surface area contributed by atoms with E-state index in [1.807, 2.05) is 49.6 Å². The molecule has 0 aliphatic carbocycles. The minimum Gasteiger partial charge on any atom is -0.350 e. The molecule has 0 atom stereocenters. The number of carbonyl (C=O) groups excluding carboxylic acids is 1. The van der Waals surface area contributed by atoms with Gasteiger partial charge >= 0.3 is 0 Å². The predicted molar refractivity (Wildman–Crippen MR) is 98.3 cm³/mol. The molecule has 0 aliphatic heterocycles. The largest absolute Gasteiger partial charge is 0.350 e. The summed E-state index contributed by atoms with van der Waals surface area (Å²) in [5.41, 5.74) is 8.21. The molecule has 0 bridgehead atoms. The second-order valence-electron chi connectivity index (χ2n) is 5.50. The number of nitrogens with two attached hydrogens (primary N) is 1. The molecule has 1 amide bonds. The Bertz CT molecular complexity index is 630. The monoisotopic (exact) mass is 360 g/mol. The molecular weight excluding hydrogens is 335 g/mol. The number of hydrogen-bond acceptors (Lipinski definition) is 3. The third kappa shape index (κ3) is 4.37. The molecule has 2 aromatic heterocycles. The molecule has 2 rings (SSSR count). The minimum absolute atomic E-state index is 0. The lowest BCUT2D eigenvalue weighted by molar-refractivity contribution is -0.131. The van der Waals surface area contributed by atoms with Gasteiger partial charge in [-0.25, -0.2) is 4.98 Å². The van der Waals surface area contributed by atoms with Crippen molar-refractivity contribution in [1.82, 2.24) is 14.7 Å². The van der Waals surface area contributed by atoms with Gasteiger partial charge in [0.2, 0.25) is 5.91 Å². The van der Waals surface area contributed by atoms with Gasteiger partial charge in [0.05, 0.1) is 17.7 Å². The third-order valence-electron chi connectivity index (χ3n) is 4.40. The number of amides is 1. The molecule has 0 spiro atoms. The van der Waals surface area contributed by atoms with Gasteiger partial charge in [0.25, 0.3) is 0 Å². The molecule has 0 unspecified atom stereocenters. The van der Waals surface area contributed by atoms with E-state index in [0.717, 1.165) is 29.9 Å². The fourth-order valence-electron chi connectivity index (χ4n) is 2.59. The maximum atomic E-state index is 12.4. The topological polar surface area (TPSA) is 72.4 Å². The highest BCUT2D eigenvalue weighted by atomic mass is 35.5. The van der Waals surface area contributed by atoms with Crippen LogP contribution in [0.1, 0.15) is 38.1 Å². The summed E-state index contributed by atoms with van der Waals surface area (Å²) in [5.74, 6) is 0.0174. The summed E-state index contributed by atoms with van der Waals surface area (Å²) in [4.78, 5) is 16.9. The highest BCUT2D eigenvalue weighted by molar-refractivity contribution is 5.85. The first kappa shape index (κ1) is 21.7. The Kier molecular flexibility index (Phi) is 8.59. The molecule has 23 heavy (non-hydrogen) atoms. The first-order valence-electron chi connectivity index (χ1n) is 7.48. The van der Waals surface area contributed by atoms with Gasteiger partial charge in [0.1, 0.15) is 5.65 Å². The van der Waals surface area contributed by atoms with Gasteiger partial charge < -0.3 is 15.5 Å². The first-order valence-corrected chi connectivity index (χ1v) is 7.48. The van der Waals surface area contributed by atoms with Gasteiger partial charge in [0.15, 0.2) is 0 Å². The van der Waals surface area contributed by atoms with Crippen LogP contribution in [0.15, 0.2) is 24.4 Å². The molecule has 0 aromatic carbocycles. The van der Waals surface area contributed by atoms with Crippen LogP contribution in [-0.2, 0) is 11.3 Å². The van der Waals surface area contributed by atoms with Crippen molar-refractivity contribution in [3.63, 3.8) is 0 Å². The van der Waals surface area contributed by atoms with Crippen molar-refractivity contribution in [2.45, 2.75) is 40.2 Å². The molecule has 0 radical (unpaired) electrons. The standard InChI is InChI=1S/C16H24N4O.2ClH/c1-4-16(5-2,11-17)15(21)18-9-13-10-20-12(3)7-6-8-14(20)19-13;;/h6-8,10H,4-5,9,11,17H2,1-3H3,(H,18,21);2*1H. The van der Waals surface area contributed by atoms with Gasteiger partial charge in [-0.15, -0.1) is 24.8 Å². The van der Waals surface area contributed by atoms with Crippen molar-refractivity contribution in [1.29, 1.82) is 0 Å². The van der Waals surface area contributed by atoms with Gasteiger partial charge in [0, 0.05) is 18.4 Å². The SMILES string of the molecule is CCC(CC)(CN)C(=O)NCc1cn2c(C)cccc2n1.Cl.Cl. The molecule has 5 nitrogen and oxygen atoms in total. The summed E-state index contributed by atoms with van der Waals surface area (Å²) in [6.07, 6.45) is 3.46. The Hall–Kier alpha value is -1.30. The van der Waals surface area contributed by atoms with Gasteiger partial charge in [-0.2, -0.15) is 0 Å². The molecule has 130 valence electrons. The molecule has 0 fully saturated rings. The van der Waals surface area contributed by atoms with Crippen LogP contribution in [-0.4, -0.2) is 21.8 Å². The summed E-state index contributed by atoms with van der Waals surface area (Å²) in [6, 6.07) is 5.97. The summed E-state index contributed by atoms with van der Waals surface area (Å²) < 4.78 is 2.03. The Morgan fingerprint density at radius 1 is 1.30 bits per heavy atom. The Morgan fingerprint density at radius 3 is 2.48 bits per heavy atom. The fraction of sp³-hybridized carbons (Fsp3) is 0.500. The normalized spacial score (nSPS) is 10.8. The van der Waals surface area contributed by atoms with Crippen LogP contribution >= 0.6 is 24.8 Å². The van der Waals surface area contributed by atoms with Gasteiger partial charge in [-0.05, 0) is 31.9 Å². The Labute approximate surface area is 149 Å². The third-order valence-corrected chi connectivity index (χ3v) is 4.40. The van der Waals surface area contributed by atoms with Crippen LogP contribution < -0.4 is 11.1 Å². The molecule has 2 heterocycles. The number of hydrogen-bond donors (Lipinski definition) is 2. The number of aryl methyl sites for hydroxylation is 1. The molecule has 0 aliphatic rings. The molecule has 0 saturated carbocycles. The number of nitrogens with one attached hydrogen (secondary N) is 1. The second-order valence-corrected chi connectivity index (χ2v) is 5.50. The van der Waals surface area contributed by atoms with Crippen LogP contribution in [0.4, 0.5) is 0 Å². The maximum Gasteiger partial charge on any atom is 0.227 e. The second kappa shape index (κ2) is 9.11. The fourth-order valence-corrected chi connectivity index (χ4v) is 2.59. The lowest BCUT2D eigenvalue weighted by atomic mass is 9.81. The van der Waals surface area contributed by atoms with Crippen molar-refractivity contribution in [3.8, 4) is 0 Å². The number of carbonyl (C=O) groups is 1. The average molecular weight is 361 g/mol. The minimum atomic E-state index is -0.463. The van der Waals surface area contributed by atoms with E-state index >= 15 is 0 Å². The number of nitrogens with zero attached hydrogens (tertiary/aromatic N) is 2. The van der Waals surface area contributed by atoms with Crippen LogP contribution in [0, 0.1) is 12.3 Å². The van der Waals surface area contributed by atoms with E-state index in [-0.39, 0.29) is 30.7 Å². The van der Waals surface area contributed by atoms with Crippen LogP contribution in [0.25, 0.3) is 5.65 Å². The van der Waals surface area contributed by atoms with Gasteiger partial charge in [-0.1, -0.05) is 19.9 Å². The van der Waals surface area contributed by atoms with Gasteiger partial charge in [-0.3, -0.25) is 4.79 Å². The van der Waals surface area contributed by atoms with E-state index in [4.69, 9.17) is 5.73 Å². The van der Waals surface area contributed by atoms with Crippen molar-refractivity contribution >= 4 is 36.4 Å². The predicted octanol–water partition coefficient (Wildman–Crippen LogP) is 2.87. The summed E-state index contributed by atoms with van der Waals surface area (Å²) in [6.45, 7) is 6.84. The summed E-state index contributed by atoms with van der Waals surface area (Å²) in [5, 5.41) is 2.98. The summed E-state index contributed by atoms with van der Waals surface area (Å²) >= 11 is 0. The Balaban J connectivity index is 0.00000242. The number of aromatic nitrogens is 2. The van der Waals surface area contributed by atoms with E-state index in [1.165, 1.54) is 0 Å². The van der Waals surface area contributed by atoms with E-state index < -0.39 is 5.41 Å². The average Bonchev–Trinajstić information content (AvgIpc) is 2.92. The van der Waals surface area contributed by atoms with Crippen molar-refractivity contribution in [2.75, 3.05) is 6.54 Å². The molecule has 3 N–H and O–H groups in total. The van der Waals surface area contributed by atoms with Crippen molar-refractivity contribution < 1.29 is 4.79 Å². The summed E-state index contributed by atoms with van der Waals surface area (Å²) in [7, 11) is 0. The van der Waals surface area contributed by atoms with Crippen molar-refractivity contribution in [3.05, 3.63) is 35.8 Å². The number of fused-ring (bicyclic) bond motifs is 1. The maximum absolute atomic E-state index is 12.4. The smallest absolute Gasteiger partial charge is 0.227 e. The molecule has 2 aromatic rings. The lowest BCUT2D eigenvalue weighted by Gasteiger charge is -2.28. The molecule has 0 saturated heterocycles. The van der Waals surface area contributed by atoms with E-state index in [1.54, 1.807) is 0 Å². The highest BCUT2D eigenvalue weighted by Crippen LogP contribution is 2.25. The van der Waals surface area contributed by atoms with Crippen LogP contribution in [0.2, 0.25) is 0 Å². The molecule has 7 heteroatoms. The van der Waals surface area contributed by atoms with E-state index in [0.29, 0.717) is 13.1 Å². The number of rotatable bonds is 6. The number of pyridine rings is 1. The number of imidazole rings is 1. The first-order chi connectivity index (χ1) is 10.1. The zero-order valence-electron chi connectivity index (χ0n) is 13.8. The highest BCUT2D eigenvalue weighted by Gasteiger charge is 2.33. The zero-order chi connectivity index (χ0) is 15.5. The van der Waals surface area contributed by atoms with Crippen LogP contribution in [0.5, 0.6) is 0 Å². The number of halogens is 2. The van der Waals surface area contributed by atoms with E-state index in [2.05, 4.69) is 10.3 Å². The quantitative estimate of drug-likeness (QED) is 0.831. The van der Waals surface area contributed by atoms with Crippen LogP contribution in [0.3, 0.4) is 0 Å². The lowest BCUT2D eigenvalue weighted by Crippen LogP contribution is -2.45. The van der Waals surface area contributed by atoms with Crippen molar-refractivity contribution in [2.24, 2.45) is 11.1 Å². The zero-order valence-corrected chi connectivity index (χ0v) is 15.5. The molecular formula is C16H26Cl2N4O. The van der Waals surface area contributed by atoms with E-state index in [9.17, 15) is 4.79 Å². The Morgan fingerprint density at radius 2 is 1.96 bits per heavy atom.